The van der Waals surface area contributed by atoms with E-state index in [4.69, 9.17) is 0 Å². The number of carbonyl (C=O) groups is 1. The SMILES string of the molecule is CC1CCN(c2ccccc2NC(=O)C(C)C)CC1. The highest BCUT2D eigenvalue weighted by atomic mass is 16.1. The minimum atomic E-state index is 0.00874. The molecule has 1 saturated heterocycles. The molecule has 0 spiro atoms. The Morgan fingerprint density at radius 1 is 1.26 bits per heavy atom. The molecule has 0 saturated carbocycles. The van der Waals surface area contributed by atoms with E-state index in [1.165, 1.54) is 12.8 Å². The first-order valence-corrected chi connectivity index (χ1v) is 7.22. The number of anilines is 2. The van der Waals surface area contributed by atoms with Crippen molar-refractivity contribution in [3.8, 4) is 0 Å². The molecule has 19 heavy (non-hydrogen) atoms. The summed E-state index contributed by atoms with van der Waals surface area (Å²) in [5, 5.41) is 3.04. The normalized spacial score (nSPS) is 16.7. The van der Waals surface area contributed by atoms with Crippen LogP contribution in [0.5, 0.6) is 0 Å². The number of hydrogen-bond acceptors (Lipinski definition) is 2. The molecule has 1 aliphatic heterocycles. The lowest BCUT2D eigenvalue weighted by atomic mass is 9.98. The molecule has 2 rings (SSSR count). The van der Waals surface area contributed by atoms with Crippen molar-refractivity contribution in [1.82, 2.24) is 0 Å². The van der Waals surface area contributed by atoms with Gasteiger partial charge in [-0.05, 0) is 30.9 Å². The molecule has 1 amide bonds. The molecule has 1 aliphatic rings. The van der Waals surface area contributed by atoms with E-state index in [-0.39, 0.29) is 11.8 Å². The Labute approximate surface area is 116 Å². The number of hydrogen-bond donors (Lipinski definition) is 1. The zero-order valence-electron chi connectivity index (χ0n) is 12.1. The van der Waals surface area contributed by atoms with Gasteiger partial charge in [-0.25, -0.2) is 0 Å². The lowest BCUT2D eigenvalue weighted by Gasteiger charge is -2.33. The average Bonchev–Trinajstić information content (AvgIpc) is 2.40. The van der Waals surface area contributed by atoms with E-state index in [1.54, 1.807) is 0 Å². The van der Waals surface area contributed by atoms with Gasteiger partial charge in [-0.15, -0.1) is 0 Å². The smallest absolute Gasteiger partial charge is 0.226 e. The molecule has 1 fully saturated rings. The van der Waals surface area contributed by atoms with E-state index in [0.717, 1.165) is 30.4 Å². The van der Waals surface area contributed by atoms with Gasteiger partial charge in [0.1, 0.15) is 0 Å². The quantitative estimate of drug-likeness (QED) is 0.902. The van der Waals surface area contributed by atoms with Gasteiger partial charge in [0, 0.05) is 19.0 Å². The molecule has 104 valence electrons. The summed E-state index contributed by atoms with van der Waals surface area (Å²) in [5.41, 5.74) is 2.10. The zero-order valence-corrected chi connectivity index (χ0v) is 12.1. The lowest BCUT2D eigenvalue weighted by Crippen LogP contribution is -2.33. The molecule has 0 bridgehead atoms. The molecule has 1 heterocycles. The summed E-state index contributed by atoms with van der Waals surface area (Å²) < 4.78 is 0. The fourth-order valence-corrected chi connectivity index (χ4v) is 2.38. The number of amides is 1. The standard InChI is InChI=1S/C16H24N2O/c1-12(2)16(19)17-14-6-4-5-7-15(14)18-10-8-13(3)9-11-18/h4-7,12-13H,8-11H2,1-3H3,(H,17,19). The highest BCUT2D eigenvalue weighted by Gasteiger charge is 2.19. The maximum atomic E-state index is 11.9. The maximum Gasteiger partial charge on any atom is 0.226 e. The van der Waals surface area contributed by atoms with Crippen LogP contribution in [0.3, 0.4) is 0 Å². The maximum absolute atomic E-state index is 11.9. The number of nitrogens with zero attached hydrogens (tertiary/aromatic N) is 1. The second kappa shape index (κ2) is 6.09. The lowest BCUT2D eigenvalue weighted by molar-refractivity contribution is -0.118. The Balaban J connectivity index is 2.14. The van der Waals surface area contributed by atoms with E-state index >= 15 is 0 Å². The molecule has 0 aliphatic carbocycles. The van der Waals surface area contributed by atoms with Crippen LogP contribution in [0.25, 0.3) is 0 Å². The Kier molecular flexibility index (Phi) is 4.46. The number of piperidine rings is 1. The molecule has 0 atom stereocenters. The van der Waals surface area contributed by atoms with Crippen molar-refractivity contribution < 1.29 is 4.79 Å². The fraction of sp³-hybridized carbons (Fsp3) is 0.562. The number of benzene rings is 1. The van der Waals surface area contributed by atoms with Crippen molar-refractivity contribution >= 4 is 17.3 Å². The molecular weight excluding hydrogens is 236 g/mol. The first-order valence-electron chi connectivity index (χ1n) is 7.22. The minimum absolute atomic E-state index is 0.00874. The third-order valence-corrected chi connectivity index (χ3v) is 3.81. The molecular formula is C16H24N2O. The Morgan fingerprint density at radius 2 is 1.89 bits per heavy atom. The van der Waals surface area contributed by atoms with E-state index in [9.17, 15) is 4.79 Å². The van der Waals surface area contributed by atoms with Crippen LogP contribution in [0.1, 0.15) is 33.6 Å². The predicted molar refractivity (Wildman–Crippen MR) is 80.5 cm³/mol. The summed E-state index contributed by atoms with van der Waals surface area (Å²) in [5.74, 6) is 0.904. The molecule has 3 nitrogen and oxygen atoms in total. The number of para-hydroxylation sites is 2. The van der Waals surface area contributed by atoms with E-state index in [1.807, 2.05) is 32.0 Å². The van der Waals surface area contributed by atoms with Crippen LogP contribution in [-0.2, 0) is 4.79 Å². The second-order valence-corrected chi connectivity index (χ2v) is 5.83. The molecule has 0 aromatic heterocycles. The summed E-state index contributed by atoms with van der Waals surface area (Å²) in [6, 6.07) is 8.12. The molecule has 1 aromatic carbocycles. The first kappa shape index (κ1) is 13.9. The van der Waals surface area contributed by atoms with Crippen molar-refractivity contribution in [1.29, 1.82) is 0 Å². The van der Waals surface area contributed by atoms with Crippen LogP contribution in [-0.4, -0.2) is 19.0 Å². The van der Waals surface area contributed by atoms with Crippen molar-refractivity contribution in [3.05, 3.63) is 24.3 Å². The molecule has 3 heteroatoms. The molecule has 0 radical (unpaired) electrons. The summed E-state index contributed by atoms with van der Waals surface area (Å²) in [4.78, 5) is 14.3. The predicted octanol–water partition coefficient (Wildman–Crippen LogP) is 3.52. The third-order valence-electron chi connectivity index (χ3n) is 3.81. The second-order valence-electron chi connectivity index (χ2n) is 5.83. The van der Waals surface area contributed by atoms with Crippen LogP contribution >= 0.6 is 0 Å². The van der Waals surface area contributed by atoms with E-state index in [2.05, 4.69) is 23.2 Å². The topological polar surface area (TPSA) is 32.3 Å². The van der Waals surface area contributed by atoms with Crippen molar-refractivity contribution in [3.63, 3.8) is 0 Å². The van der Waals surface area contributed by atoms with Gasteiger partial charge in [-0.3, -0.25) is 4.79 Å². The van der Waals surface area contributed by atoms with E-state index in [0.29, 0.717) is 0 Å². The van der Waals surface area contributed by atoms with Gasteiger partial charge in [0.25, 0.3) is 0 Å². The van der Waals surface area contributed by atoms with Gasteiger partial charge >= 0.3 is 0 Å². The number of carbonyl (C=O) groups excluding carboxylic acids is 1. The van der Waals surface area contributed by atoms with Crippen molar-refractivity contribution in [2.24, 2.45) is 11.8 Å². The average molecular weight is 260 g/mol. The van der Waals surface area contributed by atoms with E-state index < -0.39 is 0 Å². The largest absolute Gasteiger partial charge is 0.370 e. The van der Waals surface area contributed by atoms with Gasteiger partial charge < -0.3 is 10.2 Å². The summed E-state index contributed by atoms with van der Waals surface area (Å²) in [6.07, 6.45) is 2.46. The Morgan fingerprint density at radius 3 is 2.53 bits per heavy atom. The van der Waals surface area contributed by atoms with Gasteiger partial charge in [0.05, 0.1) is 11.4 Å². The van der Waals surface area contributed by atoms with Crippen LogP contribution in [0.15, 0.2) is 24.3 Å². The molecule has 0 unspecified atom stereocenters. The Hall–Kier alpha value is -1.51. The third kappa shape index (κ3) is 3.49. The van der Waals surface area contributed by atoms with Gasteiger partial charge in [0.2, 0.25) is 5.91 Å². The Bertz CT molecular complexity index is 434. The van der Waals surface area contributed by atoms with Crippen LogP contribution < -0.4 is 10.2 Å². The summed E-state index contributed by atoms with van der Waals surface area (Å²) >= 11 is 0. The highest BCUT2D eigenvalue weighted by Crippen LogP contribution is 2.29. The number of rotatable bonds is 3. The number of nitrogens with one attached hydrogen (secondary N) is 1. The van der Waals surface area contributed by atoms with Crippen LogP contribution in [0.2, 0.25) is 0 Å². The highest BCUT2D eigenvalue weighted by molar-refractivity contribution is 5.95. The van der Waals surface area contributed by atoms with Crippen molar-refractivity contribution in [2.75, 3.05) is 23.3 Å². The van der Waals surface area contributed by atoms with Gasteiger partial charge in [0.15, 0.2) is 0 Å². The minimum Gasteiger partial charge on any atom is -0.370 e. The molecule has 1 N–H and O–H groups in total. The monoisotopic (exact) mass is 260 g/mol. The van der Waals surface area contributed by atoms with Crippen molar-refractivity contribution in [2.45, 2.75) is 33.6 Å². The summed E-state index contributed by atoms with van der Waals surface area (Å²) in [7, 11) is 0. The van der Waals surface area contributed by atoms with Crippen LogP contribution in [0.4, 0.5) is 11.4 Å². The van der Waals surface area contributed by atoms with Gasteiger partial charge in [-0.2, -0.15) is 0 Å². The van der Waals surface area contributed by atoms with Gasteiger partial charge in [-0.1, -0.05) is 32.9 Å². The summed E-state index contributed by atoms with van der Waals surface area (Å²) in [6.45, 7) is 8.30. The van der Waals surface area contributed by atoms with Crippen LogP contribution in [0, 0.1) is 11.8 Å². The fourth-order valence-electron chi connectivity index (χ4n) is 2.38. The first-order chi connectivity index (χ1) is 9.08. The zero-order chi connectivity index (χ0) is 13.8. The molecule has 1 aromatic rings.